The third-order valence-electron chi connectivity index (χ3n) is 4.66. The molecule has 0 saturated heterocycles. The van der Waals surface area contributed by atoms with Crippen LogP contribution in [0.1, 0.15) is 42.1 Å². The summed E-state index contributed by atoms with van der Waals surface area (Å²) >= 11 is 0. The molecule has 3 rings (SSSR count). The maximum Gasteiger partial charge on any atom is 0.255 e. The number of anilines is 1. The van der Waals surface area contributed by atoms with E-state index in [0.29, 0.717) is 11.5 Å². The van der Waals surface area contributed by atoms with E-state index in [1.807, 2.05) is 24.3 Å². The van der Waals surface area contributed by atoms with Gasteiger partial charge in [0, 0.05) is 29.2 Å². The van der Waals surface area contributed by atoms with Gasteiger partial charge in [-0.2, -0.15) is 0 Å². The summed E-state index contributed by atoms with van der Waals surface area (Å²) in [5.74, 6) is 0.420. The van der Waals surface area contributed by atoms with Gasteiger partial charge in [-0.05, 0) is 55.5 Å². The van der Waals surface area contributed by atoms with E-state index in [-0.39, 0.29) is 11.4 Å². The number of carbonyl (C=O) groups excluding carboxylic acids is 1. The molecule has 1 fully saturated rings. The molecule has 1 saturated carbocycles. The van der Waals surface area contributed by atoms with Crippen LogP contribution in [0.25, 0.3) is 0 Å². The molecule has 1 aromatic heterocycles. The SMILES string of the molecule is CC(N)(c1ccc(C(=O)Nc2ccncc2)cc1)C1CCC1. The van der Waals surface area contributed by atoms with E-state index in [0.717, 1.165) is 11.3 Å². The van der Waals surface area contributed by atoms with Crippen molar-refractivity contribution < 1.29 is 4.79 Å². The lowest BCUT2D eigenvalue weighted by atomic mass is 9.69. The van der Waals surface area contributed by atoms with Crippen molar-refractivity contribution in [2.45, 2.75) is 31.7 Å². The summed E-state index contributed by atoms with van der Waals surface area (Å²) in [7, 11) is 0. The number of aromatic nitrogens is 1. The van der Waals surface area contributed by atoms with Gasteiger partial charge in [0.15, 0.2) is 0 Å². The number of nitrogens with one attached hydrogen (secondary N) is 1. The van der Waals surface area contributed by atoms with Crippen molar-refractivity contribution in [1.29, 1.82) is 0 Å². The maximum absolute atomic E-state index is 12.2. The van der Waals surface area contributed by atoms with Crippen molar-refractivity contribution in [3.05, 3.63) is 59.9 Å². The number of rotatable bonds is 4. The quantitative estimate of drug-likeness (QED) is 0.909. The molecule has 1 aliphatic rings. The summed E-state index contributed by atoms with van der Waals surface area (Å²) in [6.45, 7) is 2.09. The monoisotopic (exact) mass is 295 g/mol. The fraction of sp³-hybridized carbons (Fsp3) is 0.333. The second kappa shape index (κ2) is 5.89. The fourth-order valence-electron chi connectivity index (χ4n) is 2.86. The van der Waals surface area contributed by atoms with Crippen molar-refractivity contribution in [1.82, 2.24) is 4.98 Å². The third-order valence-corrected chi connectivity index (χ3v) is 4.66. The van der Waals surface area contributed by atoms with Gasteiger partial charge in [0.05, 0.1) is 0 Å². The van der Waals surface area contributed by atoms with Crippen molar-refractivity contribution >= 4 is 11.6 Å². The van der Waals surface area contributed by atoms with Crippen molar-refractivity contribution in [3.63, 3.8) is 0 Å². The number of carbonyl (C=O) groups is 1. The third kappa shape index (κ3) is 2.88. The van der Waals surface area contributed by atoms with Gasteiger partial charge in [-0.1, -0.05) is 18.6 Å². The van der Waals surface area contributed by atoms with Crippen molar-refractivity contribution in [2.24, 2.45) is 11.7 Å². The molecule has 0 bridgehead atoms. The van der Waals surface area contributed by atoms with Gasteiger partial charge in [0.1, 0.15) is 0 Å². The molecule has 3 N–H and O–H groups in total. The second-order valence-corrected chi connectivity index (χ2v) is 6.18. The predicted molar refractivity (Wildman–Crippen MR) is 87.5 cm³/mol. The van der Waals surface area contributed by atoms with Gasteiger partial charge in [-0.15, -0.1) is 0 Å². The van der Waals surface area contributed by atoms with E-state index in [2.05, 4.69) is 17.2 Å². The van der Waals surface area contributed by atoms with Crippen LogP contribution in [0.15, 0.2) is 48.8 Å². The Morgan fingerprint density at radius 3 is 2.36 bits per heavy atom. The van der Waals surface area contributed by atoms with Gasteiger partial charge >= 0.3 is 0 Å². The topological polar surface area (TPSA) is 68.0 Å². The maximum atomic E-state index is 12.2. The number of nitrogens with two attached hydrogens (primary N) is 1. The molecule has 1 amide bonds. The highest BCUT2D eigenvalue weighted by Gasteiger charge is 2.35. The Bertz CT molecular complexity index is 646. The number of pyridine rings is 1. The first-order valence-electron chi connectivity index (χ1n) is 7.68. The molecule has 114 valence electrons. The molecule has 0 spiro atoms. The summed E-state index contributed by atoms with van der Waals surface area (Å²) in [4.78, 5) is 16.1. The molecular formula is C18H21N3O. The molecule has 1 heterocycles. The van der Waals surface area contributed by atoms with E-state index < -0.39 is 0 Å². The van der Waals surface area contributed by atoms with Crippen LogP contribution in [0, 0.1) is 5.92 Å². The van der Waals surface area contributed by atoms with E-state index in [9.17, 15) is 4.79 Å². The summed E-state index contributed by atoms with van der Waals surface area (Å²) in [6, 6.07) is 11.2. The lowest BCUT2D eigenvalue weighted by Gasteiger charge is -2.40. The van der Waals surface area contributed by atoms with Crippen LogP contribution in [0.2, 0.25) is 0 Å². The zero-order valence-electron chi connectivity index (χ0n) is 12.8. The normalized spacial score (nSPS) is 17.4. The molecule has 0 radical (unpaired) electrons. The zero-order chi connectivity index (χ0) is 15.6. The van der Waals surface area contributed by atoms with Crippen LogP contribution < -0.4 is 11.1 Å². The standard InChI is InChI=1S/C18H21N3O/c1-18(19,14-3-2-4-14)15-7-5-13(6-8-15)17(22)21-16-9-11-20-12-10-16/h5-12,14H,2-4,19H2,1H3,(H,20,21,22). The zero-order valence-corrected chi connectivity index (χ0v) is 12.8. The fourth-order valence-corrected chi connectivity index (χ4v) is 2.86. The van der Waals surface area contributed by atoms with Crippen molar-refractivity contribution in [3.8, 4) is 0 Å². The number of nitrogens with zero attached hydrogens (tertiary/aromatic N) is 1. The van der Waals surface area contributed by atoms with Crippen LogP contribution in [-0.4, -0.2) is 10.9 Å². The highest BCUT2D eigenvalue weighted by atomic mass is 16.1. The van der Waals surface area contributed by atoms with Crippen LogP contribution in [0.3, 0.4) is 0 Å². The average molecular weight is 295 g/mol. The second-order valence-electron chi connectivity index (χ2n) is 6.18. The minimum absolute atomic E-state index is 0.125. The lowest BCUT2D eigenvalue weighted by Crippen LogP contribution is -2.44. The van der Waals surface area contributed by atoms with Crippen LogP contribution in [-0.2, 0) is 5.54 Å². The lowest BCUT2D eigenvalue weighted by molar-refractivity contribution is 0.102. The minimum atomic E-state index is -0.307. The molecular weight excluding hydrogens is 274 g/mol. The molecule has 4 nitrogen and oxygen atoms in total. The first kappa shape index (κ1) is 14.7. The van der Waals surface area contributed by atoms with Crippen LogP contribution in [0.4, 0.5) is 5.69 Å². The molecule has 22 heavy (non-hydrogen) atoms. The Morgan fingerprint density at radius 2 is 1.82 bits per heavy atom. The average Bonchev–Trinajstić information content (AvgIpc) is 2.46. The van der Waals surface area contributed by atoms with Gasteiger partial charge < -0.3 is 11.1 Å². The number of hydrogen-bond acceptors (Lipinski definition) is 3. The summed E-state index contributed by atoms with van der Waals surface area (Å²) in [5.41, 5.74) is 8.64. The van der Waals surface area contributed by atoms with Crippen molar-refractivity contribution in [2.75, 3.05) is 5.32 Å². The number of amides is 1. The molecule has 1 aromatic carbocycles. The molecule has 4 heteroatoms. The minimum Gasteiger partial charge on any atom is -0.322 e. The summed E-state index contributed by atoms with van der Waals surface area (Å²) < 4.78 is 0. The van der Waals surface area contributed by atoms with E-state index >= 15 is 0 Å². The van der Waals surface area contributed by atoms with Gasteiger partial charge in [-0.3, -0.25) is 9.78 Å². The molecule has 1 unspecified atom stereocenters. The molecule has 2 aromatic rings. The molecule has 1 aliphatic carbocycles. The van der Waals surface area contributed by atoms with E-state index in [1.165, 1.54) is 19.3 Å². The smallest absolute Gasteiger partial charge is 0.255 e. The Labute approximate surface area is 130 Å². The highest BCUT2D eigenvalue weighted by Crippen LogP contribution is 2.40. The largest absolute Gasteiger partial charge is 0.322 e. The Morgan fingerprint density at radius 1 is 1.18 bits per heavy atom. The van der Waals surface area contributed by atoms with Gasteiger partial charge in [0.25, 0.3) is 5.91 Å². The molecule has 0 aliphatic heterocycles. The Balaban J connectivity index is 1.72. The highest BCUT2D eigenvalue weighted by molar-refractivity contribution is 6.04. The Hall–Kier alpha value is -2.20. The molecule has 1 atom stereocenters. The summed E-state index contributed by atoms with van der Waals surface area (Å²) in [6.07, 6.45) is 6.95. The summed E-state index contributed by atoms with van der Waals surface area (Å²) in [5, 5.41) is 2.85. The van der Waals surface area contributed by atoms with E-state index in [4.69, 9.17) is 5.73 Å². The Kier molecular flexibility index (Phi) is 3.94. The number of benzene rings is 1. The van der Waals surface area contributed by atoms with E-state index in [1.54, 1.807) is 24.5 Å². The predicted octanol–water partition coefficient (Wildman–Crippen LogP) is 3.31. The number of hydrogen-bond donors (Lipinski definition) is 2. The van der Waals surface area contributed by atoms with Crippen LogP contribution in [0.5, 0.6) is 0 Å². The first-order valence-corrected chi connectivity index (χ1v) is 7.68. The van der Waals surface area contributed by atoms with Crippen LogP contribution >= 0.6 is 0 Å². The first-order chi connectivity index (χ1) is 10.6. The van der Waals surface area contributed by atoms with Gasteiger partial charge in [0.2, 0.25) is 0 Å². The van der Waals surface area contributed by atoms with Gasteiger partial charge in [-0.25, -0.2) is 0 Å².